The lowest BCUT2D eigenvalue weighted by Gasteiger charge is -2.38. The second-order valence-corrected chi connectivity index (χ2v) is 6.59. The first-order valence-corrected chi connectivity index (χ1v) is 7.88. The average Bonchev–Trinajstić information content (AvgIpc) is 2.41. The van der Waals surface area contributed by atoms with Crippen LogP contribution in [0.25, 0.3) is 0 Å². The lowest BCUT2D eigenvalue weighted by molar-refractivity contribution is 0.0573. The van der Waals surface area contributed by atoms with Crippen molar-refractivity contribution in [1.29, 1.82) is 0 Å². The molecule has 2 N–H and O–H groups in total. The van der Waals surface area contributed by atoms with Crippen LogP contribution in [0.15, 0.2) is 18.2 Å². The van der Waals surface area contributed by atoms with Gasteiger partial charge in [-0.1, -0.05) is 13.0 Å². The number of hydrogen-bond donors (Lipinski definition) is 1. The van der Waals surface area contributed by atoms with Gasteiger partial charge in [-0.3, -0.25) is 4.79 Å². The second kappa shape index (κ2) is 6.22. The third kappa shape index (κ3) is 3.11. The van der Waals surface area contributed by atoms with Crippen LogP contribution in [0.2, 0.25) is 0 Å². The Kier molecular flexibility index (Phi) is 4.84. The van der Waals surface area contributed by atoms with Crippen molar-refractivity contribution in [3.05, 3.63) is 32.9 Å². The van der Waals surface area contributed by atoms with E-state index < -0.39 is 0 Å². The number of likely N-dealkylation sites (tertiary alicyclic amines) is 1. The van der Waals surface area contributed by atoms with E-state index in [1.165, 1.54) is 0 Å². The third-order valence-electron chi connectivity index (χ3n) is 4.01. The summed E-state index contributed by atoms with van der Waals surface area (Å²) in [5.74, 6) is 0.799. The lowest BCUT2D eigenvalue weighted by Crippen LogP contribution is -2.49. The molecule has 1 amide bonds. The Morgan fingerprint density at radius 3 is 2.95 bits per heavy atom. The van der Waals surface area contributed by atoms with E-state index >= 15 is 0 Å². The zero-order valence-corrected chi connectivity index (χ0v) is 13.7. The highest BCUT2D eigenvalue weighted by molar-refractivity contribution is 14.1. The number of benzene rings is 1. The lowest BCUT2D eigenvalue weighted by atomic mass is 9.91. The molecule has 3 nitrogen and oxygen atoms in total. The first-order valence-electron chi connectivity index (χ1n) is 6.80. The van der Waals surface area contributed by atoms with E-state index in [1.807, 2.05) is 30.0 Å². The Morgan fingerprint density at radius 2 is 2.26 bits per heavy atom. The van der Waals surface area contributed by atoms with E-state index in [4.69, 9.17) is 5.73 Å². The number of hydrogen-bond acceptors (Lipinski definition) is 2. The third-order valence-corrected chi connectivity index (χ3v) is 5.18. The largest absolute Gasteiger partial charge is 0.334 e. The van der Waals surface area contributed by atoms with Crippen molar-refractivity contribution in [3.8, 4) is 0 Å². The molecule has 0 aliphatic carbocycles. The van der Waals surface area contributed by atoms with Crippen LogP contribution in [0.3, 0.4) is 0 Å². The van der Waals surface area contributed by atoms with Gasteiger partial charge in [-0.15, -0.1) is 0 Å². The summed E-state index contributed by atoms with van der Waals surface area (Å²) in [4.78, 5) is 14.7. The minimum atomic E-state index is 0.137. The number of carbonyl (C=O) groups excluding carboxylic acids is 1. The molecule has 1 aliphatic heterocycles. The van der Waals surface area contributed by atoms with Crippen molar-refractivity contribution in [1.82, 2.24) is 4.90 Å². The molecule has 1 aromatic rings. The van der Waals surface area contributed by atoms with Crippen molar-refractivity contribution in [2.45, 2.75) is 32.7 Å². The van der Waals surface area contributed by atoms with Crippen molar-refractivity contribution < 1.29 is 4.79 Å². The number of piperidine rings is 1. The maximum Gasteiger partial charge on any atom is 0.254 e. The van der Waals surface area contributed by atoms with Crippen LogP contribution in [0, 0.1) is 16.4 Å². The van der Waals surface area contributed by atoms with Crippen LogP contribution in [0.4, 0.5) is 0 Å². The van der Waals surface area contributed by atoms with E-state index in [0.29, 0.717) is 12.5 Å². The minimum Gasteiger partial charge on any atom is -0.334 e. The van der Waals surface area contributed by atoms with Gasteiger partial charge < -0.3 is 10.6 Å². The highest BCUT2D eigenvalue weighted by Gasteiger charge is 2.30. The Balaban J connectivity index is 2.25. The highest BCUT2D eigenvalue weighted by Crippen LogP contribution is 2.25. The second-order valence-electron chi connectivity index (χ2n) is 5.43. The summed E-state index contributed by atoms with van der Waals surface area (Å²) in [5, 5.41) is 0. The molecule has 2 atom stereocenters. The fraction of sp³-hybridized carbons (Fsp3) is 0.533. The summed E-state index contributed by atoms with van der Waals surface area (Å²) < 4.78 is 1.14. The summed E-state index contributed by atoms with van der Waals surface area (Å²) in [6, 6.07) is 6.09. The molecular formula is C15H21IN2O. The smallest absolute Gasteiger partial charge is 0.254 e. The number of amides is 1. The quantitative estimate of drug-likeness (QED) is 0.812. The van der Waals surface area contributed by atoms with Crippen LogP contribution in [0.5, 0.6) is 0 Å². The molecule has 2 unspecified atom stereocenters. The number of nitrogens with zero attached hydrogens (tertiary/aromatic N) is 1. The van der Waals surface area contributed by atoms with Gasteiger partial charge in [0, 0.05) is 28.3 Å². The number of carbonyl (C=O) groups is 1. The van der Waals surface area contributed by atoms with Gasteiger partial charge in [-0.2, -0.15) is 0 Å². The minimum absolute atomic E-state index is 0.137. The van der Waals surface area contributed by atoms with Gasteiger partial charge in [0.15, 0.2) is 0 Å². The molecule has 1 aliphatic rings. The van der Waals surface area contributed by atoms with E-state index in [-0.39, 0.29) is 11.9 Å². The van der Waals surface area contributed by atoms with Gasteiger partial charge >= 0.3 is 0 Å². The summed E-state index contributed by atoms with van der Waals surface area (Å²) in [7, 11) is 0. The van der Waals surface area contributed by atoms with Gasteiger partial charge in [-0.25, -0.2) is 0 Å². The van der Waals surface area contributed by atoms with E-state index in [9.17, 15) is 4.79 Å². The Hall–Kier alpha value is -0.620. The summed E-state index contributed by atoms with van der Waals surface area (Å²) in [6.45, 7) is 5.63. The van der Waals surface area contributed by atoms with Gasteiger partial charge in [0.2, 0.25) is 0 Å². The molecule has 2 rings (SSSR count). The van der Waals surface area contributed by atoms with Gasteiger partial charge in [0.05, 0.1) is 0 Å². The van der Waals surface area contributed by atoms with Crippen LogP contribution in [0.1, 0.15) is 35.7 Å². The zero-order valence-electron chi connectivity index (χ0n) is 11.5. The average molecular weight is 372 g/mol. The molecular weight excluding hydrogens is 351 g/mol. The number of halogens is 1. The SMILES string of the molecule is Cc1c(I)cccc1C(=O)N1CCC(C)CC1CN. The normalized spacial score (nSPS) is 23.5. The molecule has 104 valence electrons. The fourth-order valence-corrected chi connectivity index (χ4v) is 3.23. The van der Waals surface area contributed by atoms with Crippen LogP contribution < -0.4 is 5.73 Å². The zero-order chi connectivity index (χ0) is 14.0. The molecule has 0 bridgehead atoms. The van der Waals surface area contributed by atoms with Gasteiger partial charge in [0.25, 0.3) is 5.91 Å². The van der Waals surface area contributed by atoms with Crippen molar-refractivity contribution >= 4 is 28.5 Å². The maximum atomic E-state index is 12.7. The highest BCUT2D eigenvalue weighted by atomic mass is 127. The monoisotopic (exact) mass is 372 g/mol. The number of nitrogens with two attached hydrogens (primary N) is 1. The molecule has 0 aromatic heterocycles. The van der Waals surface area contributed by atoms with Crippen molar-refractivity contribution in [2.24, 2.45) is 11.7 Å². The first-order chi connectivity index (χ1) is 9.04. The Bertz CT molecular complexity index is 475. The number of rotatable bonds is 2. The summed E-state index contributed by atoms with van der Waals surface area (Å²) >= 11 is 2.28. The van der Waals surface area contributed by atoms with Crippen LogP contribution in [-0.2, 0) is 0 Å². The molecule has 4 heteroatoms. The van der Waals surface area contributed by atoms with Crippen molar-refractivity contribution in [2.75, 3.05) is 13.1 Å². The van der Waals surface area contributed by atoms with Gasteiger partial charge in [0.1, 0.15) is 0 Å². The Labute approximate surface area is 128 Å². The van der Waals surface area contributed by atoms with Crippen molar-refractivity contribution in [3.63, 3.8) is 0 Å². The molecule has 19 heavy (non-hydrogen) atoms. The molecule has 1 fully saturated rings. The van der Waals surface area contributed by atoms with E-state index in [1.54, 1.807) is 0 Å². The van der Waals surface area contributed by atoms with E-state index in [2.05, 4.69) is 29.5 Å². The first kappa shape index (κ1) is 14.8. The van der Waals surface area contributed by atoms with Crippen LogP contribution >= 0.6 is 22.6 Å². The predicted octanol–water partition coefficient (Wildman–Crippen LogP) is 2.80. The summed E-state index contributed by atoms with van der Waals surface area (Å²) in [6.07, 6.45) is 2.09. The molecule has 0 radical (unpaired) electrons. The molecule has 1 heterocycles. The van der Waals surface area contributed by atoms with Gasteiger partial charge in [-0.05, 0) is 66.0 Å². The molecule has 1 aromatic carbocycles. The molecule has 1 saturated heterocycles. The molecule has 0 spiro atoms. The Morgan fingerprint density at radius 1 is 1.53 bits per heavy atom. The van der Waals surface area contributed by atoms with Crippen LogP contribution in [-0.4, -0.2) is 29.9 Å². The summed E-state index contributed by atoms with van der Waals surface area (Å²) in [5.41, 5.74) is 7.74. The molecule has 0 saturated carbocycles. The predicted molar refractivity (Wildman–Crippen MR) is 86.2 cm³/mol. The standard InChI is InChI=1S/C15H21IN2O/c1-10-6-7-18(12(8-10)9-17)15(19)13-4-3-5-14(16)11(13)2/h3-5,10,12H,6-9,17H2,1-2H3. The van der Waals surface area contributed by atoms with E-state index in [0.717, 1.165) is 34.1 Å². The maximum absolute atomic E-state index is 12.7. The fourth-order valence-electron chi connectivity index (χ4n) is 2.74. The topological polar surface area (TPSA) is 46.3 Å².